The lowest BCUT2D eigenvalue weighted by Gasteiger charge is -2.29. The minimum Gasteiger partial charge on any atom is -0.314 e. The van der Waals surface area contributed by atoms with E-state index in [0.29, 0.717) is 12.5 Å². The number of hydrogen-bond acceptors (Lipinski definition) is 1. The van der Waals surface area contributed by atoms with Gasteiger partial charge in [-0.15, -0.1) is 0 Å². The monoisotopic (exact) mass is 285 g/mol. The van der Waals surface area contributed by atoms with Crippen LogP contribution in [0.4, 0.5) is 13.2 Å². The number of benzene rings is 1. The van der Waals surface area contributed by atoms with E-state index in [1.807, 2.05) is 0 Å². The first-order valence-electron chi connectivity index (χ1n) is 7.38. The largest absolute Gasteiger partial charge is 0.416 e. The fourth-order valence-electron chi connectivity index (χ4n) is 2.93. The second-order valence-corrected chi connectivity index (χ2v) is 5.69. The van der Waals surface area contributed by atoms with Crippen molar-refractivity contribution in [2.24, 2.45) is 5.92 Å². The highest BCUT2D eigenvalue weighted by molar-refractivity contribution is 5.25. The van der Waals surface area contributed by atoms with Crippen LogP contribution in [0.1, 0.15) is 43.7 Å². The summed E-state index contributed by atoms with van der Waals surface area (Å²) in [6.07, 6.45) is 0.940. The molecule has 0 spiro atoms. The van der Waals surface area contributed by atoms with Gasteiger partial charge < -0.3 is 5.32 Å². The summed E-state index contributed by atoms with van der Waals surface area (Å²) >= 11 is 0. The molecule has 1 N–H and O–H groups in total. The van der Waals surface area contributed by atoms with Crippen LogP contribution in [0.5, 0.6) is 0 Å². The van der Waals surface area contributed by atoms with E-state index in [-0.39, 0.29) is 0 Å². The van der Waals surface area contributed by atoms with Crippen LogP contribution < -0.4 is 5.32 Å². The van der Waals surface area contributed by atoms with Gasteiger partial charge in [0.1, 0.15) is 0 Å². The molecule has 1 fully saturated rings. The Kier molecular flexibility index (Phi) is 5.08. The summed E-state index contributed by atoms with van der Waals surface area (Å²) in [5.74, 6) is 0.766. The van der Waals surface area contributed by atoms with E-state index in [2.05, 4.69) is 12.2 Å². The van der Waals surface area contributed by atoms with Crippen molar-refractivity contribution in [3.05, 3.63) is 35.4 Å². The number of alkyl halides is 3. The third kappa shape index (κ3) is 4.23. The van der Waals surface area contributed by atoms with Crippen LogP contribution in [-0.4, -0.2) is 12.6 Å². The number of nitrogens with one attached hydrogen (secondary N) is 1. The quantitative estimate of drug-likeness (QED) is 0.863. The number of halogens is 3. The Morgan fingerprint density at radius 3 is 2.80 bits per heavy atom. The Bertz CT molecular complexity index is 428. The van der Waals surface area contributed by atoms with Gasteiger partial charge in [-0.2, -0.15) is 13.2 Å². The predicted octanol–water partition coefficient (Wildman–Crippen LogP) is 4.42. The van der Waals surface area contributed by atoms with Crippen molar-refractivity contribution in [1.29, 1.82) is 0 Å². The molecular formula is C16H22F3N. The van der Waals surface area contributed by atoms with Crippen molar-refractivity contribution in [2.75, 3.05) is 6.54 Å². The molecule has 2 unspecified atom stereocenters. The Hall–Kier alpha value is -1.03. The third-order valence-electron chi connectivity index (χ3n) is 4.22. The minimum atomic E-state index is -4.24. The zero-order valence-electron chi connectivity index (χ0n) is 11.8. The predicted molar refractivity (Wildman–Crippen MR) is 74.6 cm³/mol. The van der Waals surface area contributed by atoms with Crippen LogP contribution in [0.15, 0.2) is 24.3 Å². The standard InChI is InChI=1S/C16H22F3N/c1-2-12-8-9-20-15(11-12)7-6-13-4-3-5-14(10-13)16(17,18)19/h3-5,10,12,15,20H,2,6-9,11H2,1H3. The highest BCUT2D eigenvalue weighted by Gasteiger charge is 2.30. The molecule has 0 saturated carbocycles. The molecule has 20 heavy (non-hydrogen) atoms. The maximum Gasteiger partial charge on any atom is 0.416 e. The summed E-state index contributed by atoms with van der Waals surface area (Å²) in [5.41, 5.74) is 0.235. The fourth-order valence-corrected chi connectivity index (χ4v) is 2.93. The van der Waals surface area contributed by atoms with Crippen molar-refractivity contribution in [2.45, 2.75) is 51.2 Å². The zero-order chi connectivity index (χ0) is 14.6. The molecule has 1 aromatic carbocycles. The second kappa shape index (κ2) is 6.61. The fraction of sp³-hybridized carbons (Fsp3) is 0.625. The highest BCUT2D eigenvalue weighted by atomic mass is 19.4. The Balaban J connectivity index is 1.91. The Morgan fingerprint density at radius 2 is 2.10 bits per heavy atom. The summed E-state index contributed by atoms with van der Waals surface area (Å²) in [5, 5.41) is 3.48. The van der Waals surface area contributed by atoms with Gasteiger partial charge in [-0.3, -0.25) is 0 Å². The summed E-state index contributed by atoms with van der Waals surface area (Å²) in [6.45, 7) is 3.24. The second-order valence-electron chi connectivity index (χ2n) is 5.69. The molecule has 1 aliphatic heterocycles. The molecule has 112 valence electrons. The minimum absolute atomic E-state index is 0.447. The summed E-state index contributed by atoms with van der Waals surface area (Å²) < 4.78 is 37.9. The first kappa shape index (κ1) is 15.4. The molecular weight excluding hydrogens is 263 g/mol. The number of aryl methyl sites for hydroxylation is 1. The van der Waals surface area contributed by atoms with Crippen LogP contribution in [0, 0.1) is 5.92 Å². The molecule has 1 aliphatic rings. The molecule has 1 heterocycles. The molecule has 2 atom stereocenters. The van der Waals surface area contributed by atoms with E-state index in [1.54, 1.807) is 6.07 Å². The van der Waals surface area contributed by atoms with Crippen molar-refractivity contribution in [3.63, 3.8) is 0 Å². The summed E-state index contributed by atoms with van der Waals surface area (Å²) in [4.78, 5) is 0. The van der Waals surface area contributed by atoms with Crippen molar-refractivity contribution < 1.29 is 13.2 Å². The molecule has 0 bridgehead atoms. The summed E-state index contributed by atoms with van der Waals surface area (Å²) in [6, 6.07) is 6.15. The van der Waals surface area contributed by atoms with E-state index in [9.17, 15) is 13.2 Å². The summed E-state index contributed by atoms with van der Waals surface area (Å²) in [7, 11) is 0. The molecule has 2 rings (SSSR count). The van der Waals surface area contributed by atoms with Gasteiger partial charge in [-0.25, -0.2) is 0 Å². The Morgan fingerprint density at radius 1 is 1.30 bits per heavy atom. The Labute approximate surface area is 118 Å². The van der Waals surface area contributed by atoms with Crippen LogP contribution in [0.3, 0.4) is 0 Å². The van der Waals surface area contributed by atoms with Crippen LogP contribution >= 0.6 is 0 Å². The topological polar surface area (TPSA) is 12.0 Å². The molecule has 0 radical (unpaired) electrons. The van der Waals surface area contributed by atoms with Crippen LogP contribution in [0.2, 0.25) is 0 Å². The number of rotatable bonds is 4. The average molecular weight is 285 g/mol. The smallest absolute Gasteiger partial charge is 0.314 e. The van der Waals surface area contributed by atoms with Gasteiger partial charge in [0.25, 0.3) is 0 Å². The van der Waals surface area contributed by atoms with Crippen LogP contribution in [0.25, 0.3) is 0 Å². The van der Waals surface area contributed by atoms with Gasteiger partial charge in [-0.1, -0.05) is 31.5 Å². The molecule has 1 nitrogen and oxygen atoms in total. The normalized spacial score (nSPS) is 23.8. The van der Waals surface area contributed by atoms with Crippen molar-refractivity contribution in [1.82, 2.24) is 5.32 Å². The van der Waals surface area contributed by atoms with Gasteiger partial charge in [0.05, 0.1) is 5.56 Å². The lowest BCUT2D eigenvalue weighted by molar-refractivity contribution is -0.137. The number of piperidine rings is 1. The zero-order valence-corrected chi connectivity index (χ0v) is 11.8. The van der Waals surface area contributed by atoms with E-state index in [1.165, 1.54) is 25.0 Å². The van der Waals surface area contributed by atoms with Crippen molar-refractivity contribution >= 4 is 0 Å². The van der Waals surface area contributed by atoms with Crippen molar-refractivity contribution in [3.8, 4) is 0 Å². The lowest BCUT2D eigenvalue weighted by Crippen LogP contribution is -2.38. The molecule has 0 aliphatic carbocycles. The van der Waals surface area contributed by atoms with Crippen LogP contribution in [-0.2, 0) is 12.6 Å². The SMILES string of the molecule is CCC1CCNC(CCc2cccc(C(F)(F)F)c2)C1. The van der Waals surface area contributed by atoms with E-state index < -0.39 is 11.7 Å². The molecule has 4 heteroatoms. The van der Waals surface area contributed by atoms with E-state index >= 15 is 0 Å². The van der Waals surface area contributed by atoms with Gasteiger partial charge in [0.2, 0.25) is 0 Å². The molecule has 0 aromatic heterocycles. The van der Waals surface area contributed by atoms with Gasteiger partial charge in [0.15, 0.2) is 0 Å². The van der Waals surface area contributed by atoms with Gasteiger partial charge in [0, 0.05) is 6.04 Å². The first-order valence-corrected chi connectivity index (χ1v) is 7.38. The van der Waals surface area contributed by atoms with E-state index in [4.69, 9.17) is 0 Å². The molecule has 1 saturated heterocycles. The van der Waals surface area contributed by atoms with E-state index in [0.717, 1.165) is 36.9 Å². The third-order valence-corrected chi connectivity index (χ3v) is 4.22. The van der Waals surface area contributed by atoms with Gasteiger partial charge in [-0.05, 0) is 49.8 Å². The highest BCUT2D eigenvalue weighted by Crippen LogP contribution is 2.30. The lowest BCUT2D eigenvalue weighted by atomic mass is 9.88. The average Bonchev–Trinajstić information content (AvgIpc) is 2.45. The first-order chi connectivity index (χ1) is 9.49. The van der Waals surface area contributed by atoms with Gasteiger partial charge >= 0.3 is 6.18 Å². The molecule has 1 aromatic rings. The maximum atomic E-state index is 12.6. The number of hydrogen-bond donors (Lipinski definition) is 1. The maximum absolute atomic E-state index is 12.6. The molecule has 0 amide bonds.